The molecule has 1 atom stereocenters. The minimum atomic E-state index is -0.609. The van der Waals surface area contributed by atoms with E-state index in [1.54, 1.807) is 12.1 Å². The zero-order chi connectivity index (χ0) is 9.14. The van der Waals surface area contributed by atoms with Gasteiger partial charge in [0.2, 0.25) is 0 Å². The van der Waals surface area contributed by atoms with Gasteiger partial charge in [-0.1, -0.05) is 6.07 Å². The van der Waals surface area contributed by atoms with Crippen molar-refractivity contribution in [3.63, 3.8) is 0 Å². The monoisotopic (exact) mass is 269 g/mol. The topological polar surface area (TPSA) is 46.2 Å². The lowest BCUT2D eigenvalue weighted by molar-refractivity contribution is 0.435. The number of aromatic hydroxyl groups is 1. The summed E-state index contributed by atoms with van der Waals surface area (Å²) in [5.74, 6) is 0.129. The molecule has 3 N–H and O–H groups in total. The van der Waals surface area contributed by atoms with E-state index in [1.807, 2.05) is 0 Å². The van der Waals surface area contributed by atoms with Gasteiger partial charge in [0.1, 0.15) is 12.4 Å². The van der Waals surface area contributed by atoms with Gasteiger partial charge >= 0.3 is 0 Å². The Morgan fingerprint density at radius 2 is 2.15 bits per heavy atom. The Kier molecular flexibility index (Phi) is 5.29. The fourth-order valence-corrected chi connectivity index (χ4v) is 1.24. The first-order chi connectivity index (χ1) is 5.65. The molecule has 13 heavy (non-hydrogen) atoms. The fourth-order valence-electron chi connectivity index (χ4n) is 0.843. The summed E-state index contributed by atoms with van der Waals surface area (Å²) < 4.78 is 12.6. The zero-order valence-electron chi connectivity index (χ0n) is 6.71. The van der Waals surface area contributed by atoms with Gasteiger partial charge in [0.25, 0.3) is 0 Å². The average molecular weight is 271 g/mol. The minimum Gasteiger partial charge on any atom is -0.507 e. The third kappa shape index (κ3) is 3.14. The lowest BCUT2D eigenvalue weighted by Crippen LogP contribution is -2.11. The van der Waals surface area contributed by atoms with Crippen LogP contribution in [0.5, 0.6) is 5.75 Å². The molecule has 0 amide bonds. The van der Waals surface area contributed by atoms with E-state index in [0.717, 1.165) is 0 Å². The Morgan fingerprint density at radius 1 is 1.54 bits per heavy atom. The highest BCUT2D eigenvalue weighted by molar-refractivity contribution is 9.10. The van der Waals surface area contributed by atoms with E-state index in [4.69, 9.17) is 10.8 Å². The van der Waals surface area contributed by atoms with Crippen molar-refractivity contribution in [2.75, 3.05) is 6.67 Å². The molecule has 0 saturated heterocycles. The lowest BCUT2D eigenvalue weighted by Gasteiger charge is -2.07. The van der Waals surface area contributed by atoms with Crippen LogP contribution >= 0.6 is 28.3 Å². The number of rotatable bonds is 2. The van der Waals surface area contributed by atoms with E-state index < -0.39 is 12.7 Å². The summed E-state index contributed by atoms with van der Waals surface area (Å²) in [5, 5.41) is 9.12. The number of nitrogens with two attached hydrogens (primary N) is 1. The first-order valence-electron chi connectivity index (χ1n) is 3.45. The van der Waals surface area contributed by atoms with Crippen molar-refractivity contribution in [2.24, 2.45) is 5.73 Å². The summed E-state index contributed by atoms with van der Waals surface area (Å²) in [4.78, 5) is 0. The van der Waals surface area contributed by atoms with Gasteiger partial charge in [-0.15, -0.1) is 12.4 Å². The van der Waals surface area contributed by atoms with Crippen molar-refractivity contribution in [3.05, 3.63) is 28.2 Å². The maximum absolute atomic E-state index is 12.1. The first kappa shape index (κ1) is 12.7. The van der Waals surface area contributed by atoms with Crippen LogP contribution in [0.3, 0.4) is 0 Å². The van der Waals surface area contributed by atoms with E-state index in [-0.39, 0.29) is 18.2 Å². The van der Waals surface area contributed by atoms with Crippen LogP contribution in [-0.2, 0) is 0 Å². The highest BCUT2D eigenvalue weighted by Crippen LogP contribution is 2.26. The molecule has 0 radical (unpaired) electrons. The van der Waals surface area contributed by atoms with Crippen LogP contribution in [0.15, 0.2) is 22.7 Å². The van der Waals surface area contributed by atoms with Crippen molar-refractivity contribution in [1.29, 1.82) is 0 Å². The number of hydrogen-bond donors (Lipinski definition) is 2. The number of halogens is 3. The second-order valence-electron chi connectivity index (χ2n) is 2.47. The van der Waals surface area contributed by atoms with E-state index in [9.17, 15) is 4.39 Å². The second kappa shape index (κ2) is 5.42. The van der Waals surface area contributed by atoms with Gasteiger partial charge in [0, 0.05) is 0 Å². The summed E-state index contributed by atoms with van der Waals surface area (Å²) in [6, 6.07) is 4.08. The third-order valence-corrected chi connectivity index (χ3v) is 2.20. The molecule has 0 unspecified atom stereocenters. The highest BCUT2D eigenvalue weighted by Gasteiger charge is 2.06. The maximum Gasteiger partial charge on any atom is 0.129 e. The molecule has 1 aromatic carbocycles. The van der Waals surface area contributed by atoms with E-state index in [2.05, 4.69) is 15.9 Å². The number of phenolic OH excluding ortho intramolecular Hbond substituents is 1. The summed E-state index contributed by atoms with van der Waals surface area (Å²) in [7, 11) is 0. The second-order valence-corrected chi connectivity index (χ2v) is 3.33. The standard InChI is InChI=1S/C8H9BrFNO.ClH/c9-6-3-5(7(11)4-10)1-2-8(6)12;/h1-3,7,12H,4,11H2;1H/t7-;/m0./s1. The number of benzene rings is 1. The van der Waals surface area contributed by atoms with Crippen LogP contribution in [0.4, 0.5) is 4.39 Å². The Hall–Kier alpha value is -0.320. The Bertz CT molecular complexity index is 285. The number of alkyl halides is 1. The Labute approximate surface area is 90.5 Å². The van der Waals surface area contributed by atoms with Crippen molar-refractivity contribution >= 4 is 28.3 Å². The lowest BCUT2D eigenvalue weighted by atomic mass is 10.1. The normalized spacial score (nSPS) is 11.9. The smallest absolute Gasteiger partial charge is 0.129 e. The van der Waals surface area contributed by atoms with Crippen molar-refractivity contribution in [3.8, 4) is 5.75 Å². The van der Waals surface area contributed by atoms with Crippen molar-refractivity contribution < 1.29 is 9.50 Å². The maximum atomic E-state index is 12.1. The molecule has 0 aliphatic heterocycles. The Balaban J connectivity index is 0.00000144. The van der Waals surface area contributed by atoms with E-state index in [0.29, 0.717) is 10.0 Å². The molecule has 5 heteroatoms. The molecule has 0 aliphatic carbocycles. The number of hydrogen-bond acceptors (Lipinski definition) is 2. The molecular formula is C8H10BrClFNO. The predicted octanol–water partition coefficient (Wildman–Crippen LogP) is 2.55. The molecular weight excluding hydrogens is 260 g/mol. The molecule has 0 saturated carbocycles. The van der Waals surface area contributed by atoms with Gasteiger partial charge in [-0.3, -0.25) is 0 Å². The molecule has 0 aromatic heterocycles. The van der Waals surface area contributed by atoms with Crippen molar-refractivity contribution in [2.45, 2.75) is 6.04 Å². The van der Waals surface area contributed by atoms with Gasteiger partial charge in [-0.25, -0.2) is 4.39 Å². The molecule has 0 spiro atoms. The van der Waals surface area contributed by atoms with E-state index >= 15 is 0 Å². The number of phenols is 1. The predicted molar refractivity (Wildman–Crippen MR) is 56.0 cm³/mol. The van der Waals surface area contributed by atoms with Crippen LogP contribution in [0, 0.1) is 0 Å². The van der Waals surface area contributed by atoms with Gasteiger partial charge in [-0.2, -0.15) is 0 Å². The summed E-state index contributed by atoms with van der Waals surface area (Å²) in [6.07, 6.45) is 0. The van der Waals surface area contributed by atoms with Crippen LogP contribution in [0.1, 0.15) is 11.6 Å². The molecule has 0 fully saturated rings. The van der Waals surface area contributed by atoms with Crippen LogP contribution < -0.4 is 5.73 Å². The average Bonchev–Trinajstić information content (AvgIpc) is 2.08. The largest absolute Gasteiger partial charge is 0.507 e. The highest BCUT2D eigenvalue weighted by atomic mass is 79.9. The molecule has 1 aromatic rings. The SMILES string of the molecule is Cl.N[C@@H](CF)c1ccc(O)c(Br)c1. The molecule has 0 heterocycles. The molecule has 0 bridgehead atoms. The quantitative estimate of drug-likeness (QED) is 0.867. The summed E-state index contributed by atoms with van der Waals surface area (Å²) in [6.45, 7) is -0.600. The summed E-state index contributed by atoms with van der Waals surface area (Å²) in [5.41, 5.74) is 6.10. The first-order valence-corrected chi connectivity index (χ1v) is 4.24. The molecule has 74 valence electrons. The van der Waals surface area contributed by atoms with Crippen molar-refractivity contribution in [1.82, 2.24) is 0 Å². The van der Waals surface area contributed by atoms with Gasteiger partial charge in [0.05, 0.1) is 10.5 Å². The molecule has 2 nitrogen and oxygen atoms in total. The van der Waals surface area contributed by atoms with Gasteiger partial charge < -0.3 is 10.8 Å². The third-order valence-electron chi connectivity index (χ3n) is 1.57. The van der Waals surface area contributed by atoms with Gasteiger partial charge in [0.15, 0.2) is 0 Å². The minimum absolute atomic E-state index is 0. The van der Waals surface area contributed by atoms with Crippen LogP contribution in [0.25, 0.3) is 0 Å². The van der Waals surface area contributed by atoms with Gasteiger partial charge in [-0.05, 0) is 33.6 Å². The fraction of sp³-hybridized carbons (Fsp3) is 0.250. The van der Waals surface area contributed by atoms with Crippen LogP contribution in [0.2, 0.25) is 0 Å². The Morgan fingerprint density at radius 3 is 2.62 bits per heavy atom. The van der Waals surface area contributed by atoms with Crippen LogP contribution in [-0.4, -0.2) is 11.8 Å². The molecule has 0 aliphatic rings. The molecule has 1 rings (SSSR count). The zero-order valence-corrected chi connectivity index (χ0v) is 9.11. The summed E-state index contributed by atoms with van der Waals surface area (Å²) >= 11 is 3.12. The van der Waals surface area contributed by atoms with E-state index in [1.165, 1.54) is 6.07 Å².